The lowest BCUT2D eigenvalue weighted by molar-refractivity contribution is 0.271. The Labute approximate surface area is 119 Å². The predicted octanol–water partition coefficient (Wildman–Crippen LogP) is 2.08. The molecule has 19 heavy (non-hydrogen) atoms. The number of aliphatic hydroxyl groups is 2. The minimum absolute atomic E-state index is 0.126. The molecule has 0 aromatic carbocycles. The summed E-state index contributed by atoms with van der Waals surface area (Å²) in [5.41, 5.74) is 1.04. The maximum Gasteiger partial charge on any atom is 0.0540 e. The molecule has 3 nitrogen and oxygen atoms in total. The minimum atomic E-state index is 0.126. The Morgan fingerprint density at radius 1 is 1.21 bits per heavy atom. The fraction of sp³-hybridized carbons (Fsp3) is 0.600. The second-order valence-corrected chi connectivity index (χ2v) is 5.59. The summed E-state index contributed by atoms with van der Waals surface area (Å²) < 4.78 is 0. The van der Waals surface area contributed by atoms with E-state index in [0.29, 0.717) is 13.0 Å². The lowest BCUT2D eigenvalue weighted by atomic mass is 10.2. The van der Waals surface area contributed by atoms with Crippen molar-refractivity contribution >= 4 is 11.3 Å². The summed E-state index contributed by atoms with van der Waals surface area (Å²) in [7, 11) is 2.12. The third-order valence-corrected chi connectivity index (χ3v) is 3.67. The fourth-order valence-electron chi connectivity index (χ4n) is 1.76. The number of rotatable bonds is 8. The number of nitrogens with zero attached hydrogens (tertiary/aromatic N) is 1. The van der Waals surface area contributed by atoms with Crippen LogP contribution in [0.15, 0.2) is 11.4 Å². The molecule has 1 heterocycles. The van der Waals surface area contributed by atoms with E-state index in [2.05, 4.69) is 35.2 Å². The summed E-state index contributed by atoms with van der Waals surface area (Å²) in [6.07, 6.45) is 3.65. The van der Waals surface area contributed by atoms with Crippen LogP contribution in [0.4, 0.5) is 0 Å². The van der Waals surface area contributed by atoms with Crippen LogP contribution >= 0.6 is 11.3 Å². The van der Waals surface area contributed by atoms with Crippen molar-refractivity contribution in [3.8, 4) is 11.8 Å². The predicted molar refractivity (Wildman–Crippen MR) is 80.2 cm³/mol. The zero-order valence-corrected chi connectivity index (χ0v) is 12.4. The average Bonchev–Trinajstić information content (AvgIpc) is 2.83. The van der Waals surface area contributed by atoms with Crippen LogP contribution in [0.5, 0.6) is 0 Å². The molecule has 0 aliphatic heterocycles. The van der Waals surface area contributed by atoms with Crippen LogP contribution in [0.25, 0.3) is 0 Å². The van der Waals surface area contributed by atoms with Gasteiger partial charge in [-0.1, -0.05) is 11.8 Å². The van der Waals surface area contributed by atoms with Gasteiger partial charge in [0, 0.05) is 35.4 Å². The highest BCUT2D eigenvalue weighted by molar-refractivity contribution is 7.10. The van der Waals surface area contributed by atoms with Crippen molar-refractivity contribution in [3.05, 3.63) is 21.9 Å². The monoisotopic (exact) mass is 281 g/mol. The maximum absolute atomic E-state index is 8.72. The zero-order valence-electron chi connectivity index (χ0n) is 11.6. The first-order valence-corrected chi connectivity index (χ1v) is 7.60. The van der Waals surface area contributed by atoms with Gasteiger partial charge in [0.15, 0.2) is 0 Å². The second-order valence-electron chi connectivity index (χ2n) is 4.60. The lowest BCUT2D eigenvalue weighted by Gasteiger charge is -2.14. The molecule has 0 fully saturated rings. The third kappa shape index (κ3) is 7.34. The van der Waals surface area contributed by atoms with Gasteiger partial charge >= 0.3 is 0 Å². The fourth-order valence-corrected chi connectivity index (χ4v) is 2.66. The van der Waals surface area contributed by atoms with Crippen LogP contribution in [-0.2, 0) is 6.54 Å². The molecule has 1 aromatic heterocycles. The molecule has 0 atom stereocenters. The number of hydrogen-bond acceptors (Lipinski definition) is 4. The first-order valence-electron chi connectivity index (χ1n) is 6.73. The normalized spacial score (nSPS) is 10.5. The van der Waals surface area contributed by atoms with E-state index in [1.165, 1.54) is 4.88 Å². The number of unbranched alkanes of at least 4 members (excludes halogenated alkanes) is 2. The van der Waals surface area contributed by atoms with Gasteiger partial charge < -0.3 is 15.1 Å². The van der Waals surface area contributed by atoms with Crippen molar-refractivity contribution in [2.45, 2.75) is 32.2 Å². The summed E-state index contributed by atoms with van der Waals surface area (Å²) in [4.78, 5) is 3.62. The van der Waals surface area contributed by atoms with Gasteiger partial charge in [0.05, 0.1) is 6.61 Å². The molecule has 0 saturated heterocycles. The van der Waals surface area contributed by atoms with E-state index in [-0.39, 0.29) is 6.61 Å². The van der Waals surface area contributed by atoms with Crippen molar-refractivity contribution in [1.82, 2.24) is 4.90 Å². The van der Waals surface area contributed by atoms with Gasteiger partial charge in [-0.05, 0) is 38.9 Å². The van der Waals surface area contributed by atoms with Gasteiger partial charge in [0.2, 0.25) is 0 Å². The highest BCUT2D eigenvalue weighted by Gasteiger charge is 2.03. The molecular formula is C15H23NO2S. The van der Waals surface area contributed by atoms with Crippen molar-refractivity contribution in [2.75, 3.05) is 26.8 Å². The zero-order chi connectivity index (χ0) is 13.9. The second kappa shape index (κ2) is 9.99. The Bertz CT molecular complexity index is 406. The molecule has 1 aromatic rings. The molecule has 0 unspecified atom stereocenters. The highest BCUT2D eigenvalue weighted by Crippen LogP contribution is 2.16. The van der Waals surface area contributed by atoms with E-state index in [1.54, 1.807) is 11.3 Å². The summed E-state index contributed by atoms with van der Waals surface area (Å²) in [6.45, 7) is 2.43. The van der Waals surface area contributed by atoms with Crippen molar-refractivity contribution < 1.29 is 10.2 Å². The van der Waals surface area contributed by atoms with Crippen LogP contribution in [-0.4, -0.2) is 41.9 Å². The Morgan fingerprint density at radius 2 is 2.05 bits per heavy atom. The topological polar surface area (TPSA) is 43.7 Å². The first kappa shape index (κ1) is 16.2. The maximum atomic E-state index is 8.72. The molecule has 1 rings (SSSR count). The van der Waals surface area contributed by atoms with E-state index >= 15 is 0 Å². The summed E-state index contributed by atoms with van der Waals surface area (Å²) in [6, 6.07) is 2.12. The molecule has 0 radical (unpaired) electrons. The summed E-state index contributed by atoms with van der Waals surface area (Å²) in [5.74, 6) is 5.99. The van der Waals surface area contributed by atoms with Gasteiger partial charge in [-0.3, -0.25) is 0 Å². The number of hydrogen-bond donors (Lipinski definition) is 2. The summed E-state index contributed by atoms with van der Waals surface area (Å²) >= 11 is 1.73. The van der Waals surface area contributed by atoms with Gasteiger partial charge in [-0.15, -0.1) is 11.3 Å². The quantitative estimate of drug-likeness (QED) is 0.566. The lowest BCUT2D eigenvalue weighted by Crippen LogP contribution is -2.18. The Balaban J connectivity index is 2.31. The molecule has 0 aliphatic carbocycles. The SMILES string of the molecule is CN(CCCCCO)Cc1cc(C#CCCO)cs1. The first-order chi connectivity index (χ1) is 9.26. The number of aliphatic hydroxyl groups excluding tert-OH is 2. The highest BCUT2D eigenvalue weighted by atomic mass is 32.1. The molecule has 0 bridgehead atoms. The van der Waals surface area contributed by atoms with Crippen LogP contribution < -0.4 is 0 Å². The molecule has 106 valence electrons. The molecule has 0 spiro atoms. The van der Waals surface area contributed by atoms with Gasteiger partial charge in [-0.25, -0.2) is 0 Å². The Hall–Kier alpha value is -0.860. The molecule has 0 saturated carbocycles. The Kier molecular flexibility index (Phi) is 8.52. The standard InChI is InChI=1S/C15H23NO2S/c1-16(8-4-2-5-9-17)12-15-11-14(13-19-15)7-3-6-10-18/h11,13,17-18H,2,4-6,8-10,12H2,1H3. The molecular weight excluding hydrogens is 258 g/mol. The molecule has 2 N–H and O–H groups in total. The van der Waals surface area contributed by atoms with Crippen LogP contribution in [0, 0.1) is 11.8 Å². The van der Waals surface area contributed by atoms with E-state index < -0.39 is 0 Å². The van der Waals surface area contributed by atoms with Gasteiger partial charge in [0.25, 0.3) is 0 Å². The Morgan fingerprint density at radius 3 is 2.79 bits per heavy atom. The smallest absolute Gasteiger partial charge is 0.0540 e. The third-order valence-electron chi connectivity index (χ3n) is 2.75. The van der Waals surface area contributed by atoms with E-state index in [0.717, 1.165) is 37.9 Å². The molecule has 0 aliphatic rings. The van der Waals surface area contributed by atoms with E-state index in [4.69, 9.17) is 10.2 Å². The largest absolute Gasteiger partial charge is 0.396 e. The van der Waals surface area contributed by atoms with Crippen molar-refractivity contribution in [3.63, 3.8) is 0 Å². The van der Waals surface area contributed by atoms with Crippen LogP contribution in [0.3, 0.4) is 0 Å². The van der Waals surface area contributed by atoms with Crippen LogP contribution in [0.1, 0.15) is 36.1 Å². The van der Waals surface area contributed by atoms with Crippen molar-refractivity contribution in [2.24, 2.45) is 0 Å². The van der Waals surface area contributed by atoms with Gasteiger partial charge in [-0.2, -0.15) is 0 Å². The van der Waals surface area contributed by atoms with E-state index in [1.807, 2.05) is 0 Å². The number of thiophene rings is 1. The van der Waals surface area contributed by atoms with Gasteiger partial charge in [0.1, 0.15) is 0 Å². The van der Waals surface area contributed by atoms with E-state index in [9.17, 15) is 0 Å². The van der Waals surface area contributed by atoms with Crippen LogP contribution in [0.2, 0.25) is 0 Å². The molecule has 4 heteroatoms. The van der Waals surface area contributed by atoms with Crippen molar-refractivity contribution in [1.29, 1.82) is 0 Å². The molecule has 0 amide bonds. The average molecular weight is 281 g/mol. The minimum Gasteiger partial charge on any atom is -0.396 e. The summed E-state index contributed by atoms with van der Waals surface area (Å²) in [5, 5.41) is 19.5.